The molecule has 1 N–H and O–H groups in total. The van der Waals surface area contributed by atoms with Gasteiger partial charge >= 0.3 is 0 Å². The van der Waals surface area contributed by atoms with Crippen LogP contribution in [0.15, 0.2) is 0 Å². The van der Waals surface area contributed by atoms with Gasteiger partial charge in [0.2, 0.25) is 5.13 Å². The van der Waals surface area contributed by atoms with E-state index in [-0.39, 0.29) is 0 Å². The monoisotopic (exact) mass is 229 g/mol. The van der Waals surface area contributed by atoms with Gasteiger partial charge in [-0.2, -0.15) is 4.37 Å². The standard InChI is InChI=1S/C10H19N3OS/c1-4-14-7-5-6-11-10-12-9(8(2)3)13-15-10/h8H,4-7H2,1-3H3,(H,11,12,13). The lowest BCUT2D eigenvalue weighted by Crippen LogP contribution is -2.05. The van der Waals surface area contributed by atoms with Crippen LogP contribution in [0.5, 0.6) is 0 Å². The first-order valence-corrected chi connectivity index (χ1v) is 6.16. The zero-order chi connectivity index (χ0) is 11.1. The molecule has 0 atom stereocenters. The van der Waals surface area contributed by atoms with E-state index in [1.54, 1.807) is 0 Å². The first-order valence-electron chi connectivity index (χ1n) is 5.39. The van der Waals surface area contributed by atoms with Crippen LogP contribution in [0.25, 0.3) is 0 Å². The van der Waals surface area contributed by atoms with E-state index in [9.17, 15) is 0 Å². The highest BCUT2D eigenvalue weighted by Crippen LogP contribution is 2.16. The number of anilines is 1. The van der Waals surface area contributed by atoms with Crippen LogP contribution in [0.3, 0.4) is 0 Å². The van der Waals surface area contributed by atoms with Crippen LogP contribution in [0.1, 0.15) is 38.9 Å². The Hall–Kier alpha value is -0.680. The van der Waals surface area contributed by atoms with Gasteiger partial charge in [-0.15, -0.1) is 0 Å². The van der Waals surface area contributed by atoms with Crippen molar-refractivity contribution < 1.29 is 4.74 Å². The minimum atomic E-state index is 0.403. The summed E-state index contributed by atoms with van der Waals surface area (Å²) in [4.78, 5) is 4.38. The van der Waals surface area contributed by atoms with Crippen LogP contribution in [0, 0.1) is 0 Å². The van der Waals surface area contributed by atoms with E-state index >= 15 is 0 Å². The van der Waals surface area contributed by atoms with Crippen molar-refractivity contribution in [2.24, 2.45) is 0 Å². The molecule has 0 fully saturated rings. The first kappa shape index (κ1) is 12.4. The Morgan fingerprint density at radius 1 is 1.47 bits per heavy atom. The Morgan fingerprint density at radius 2 is 2.27 bits per heavy atom. The highest BCUT2D eigenvalue weighted by atomic mass is 32.1. The molecule has 0 bridgehead atoms. The van der Waals surface area contributed by atoms with Crippen LogP contribution < -0.4 is 5.32 Å². The summed E-state index contributed by atoms with van der Waals surface area (Å²) >= 11 is 1.43. The Kier molecular flexibility index (Phi) is 5.57. The molecule has 0 amide bonds. The zero-order valence-corrected chi connectivity index (χ0v) is 10.4. The summed E-state index contributed by atoms with van der Waals surface area (Å²) in [6.07, 6.45) is 1.00. The number of nitrogens with one attached hydrogen (secondary N) is 1. The van der Waals surface area contributed by atoms with Crippen LogP contribution in [0.4, 0.5) is 5.13 Å². The molecular formula is C10H19N3OS. The Balaban J connectivity index is 2.20. The molecule has 15 heavy (non-hydrogen) atoms. The summed E-state index contributed by atoms with van der Waals surface area (Å²) < 4.78 is 9.51. The van der Waals surface area contributed by atoms with Gasteiger partial charge in [0.05, 0.1) is 0 Å². The number of nitrogens with zero attached hydrogens (tertiary/aromatic N) is 2. The Labute approximate surface area is 95.2 Å². The van der Waals surface area contributed by atoms with Gasteiger partial charge in [0.25, 0.3) is 0 Å². The highest BCUT2D eigenvalue weighted by Gasteiger charge is 2.06. The first-order chi connectivity index (χ1) is 7.24. The van der Waals surface area contributed by atoms with Crippen LogP contribution in [-0.4, -0.2) is 29.1 Å². The second kappa shape index (κ2) is 6.74. The summed E-state index contributed by atoms with van der Waals surface area (Å²) in [5.74, 6) is 1.33. The number of hydrogen-bond acceptors (Lipinski definition) is 5. The predicted octanol–water partition coefficient (Wildman–Crippen LogP) is 2.50. The molecule has 1 aromatic heterocycles. The van der Waals surface area contributed by atoms with Gasteiger partial charge in [-0.25, -0.2) is 4.98 Å². The average Bonchev–Trinajstić information content (AvgIpc) is 2.66. The summed E-state index contributed by atoms with van der Waals surface area (Å²) in [5.41, 5.74) is 0. The van der Waals surface area contributed by atoms with Gasteiger partial charge in [0.15, 0.2) is 0 Å². The maximum absolute atomic E-state index is 5.24. The average molecular weight is 229 g/mol. The molecular weight excluding hydrogens is 210 g/mol. The van der Waals surface area contributed by atoms with E-state index in [2.05, 4.69) is 28.5 Å². The molecule has 0 saturated carbocycles. The fourth-order valence-electron chi connectivity index (χ4n) is 1.06. The van der Waals surface area contributed by atoms with E-state index in [1.165, 1.54) is 11.5 Å². The number of aromatic nitrogens is 2. The second-order valence-corrected chi connectivity index (χ2v) is 4.34. The molecule has 5 heteroatoms. The SMILES string of the molecule is CCOCCCNc1nc(C(C)C)ns1. The molecule has 0 saturated heterocycles. The fraction of sp³-hybridized carbons (Fsp3) is 0.800. The van der Waals surface area contributed by atoms with Crippen molar-refractivity contribution in [1.82, 2.24) is 9.36 Å². The van der Waals surface area contributed by atoms with E-state index in [4.69, 9.17) is 4.74 Å². The van der Waals surface area contributed by atoms with Crippen molar-refractivity contribution >= 4 is 16.7 Å². The number of ether oxygens (including phenoxy) is 1. The predicted molar refractivity (Wildman–Crippen MR) is 63.6 cm³/mol. The molecule has 1 aromatic rings. The van der Waals surface area contributed by atoms with Crippen molar-refractivity contribution in [3.05, 3.63) is 5.82 Å². The molecule has 0 aliphatic rings. The van der Waals surface area contributed by atoms with Gasteiger partial charge in [-0.3, -0.25) is 0 Å². The fourth-order valence-corrected chi connectivity index (χ4v) is 1.79. The molecule has 1 rings (SSSR count). The van der Waals surface area contributed by atoms with Crippen molar-refractivity contribution in [2.75, 3.05) is 25.1 Å². The summed E-state index contributed by atoms with van der Waals surface area (Å²) in [6, 6.07) is 0. The second-order valence-electron chi connectivity index (χ2n) is 3.59. The quantitative estimate of drug-likeness (QED) is 0.730. The maximum Gasteiger partial charge on any atom is 0.202 e. The minimum Gasteiger partial charge on any atom is -0.382 e. The molecule has 0 unspecified atom stereocenters. The summed E-state index contributed by atoms with van der Waals surface area (Å²) in [5, 5.41) is 4.16. The largest absolute Gasteiger partial charge is 0.382 e. The number of hydrogen-bond donors (Lipinski definition) is 1. The van der Waals surface area contributed by atoms with Gasteiger partial charge in [-0.1, -0.05) is 13.8 Å². The third-order valence-electron chi connectivity index (χ3n) is 1.90. The zero-order valence-electron chi connectivity index (χ0n) is 9.62. The molecule has 0 aromatic carbocycles. The molecule has 0 spiro atoms. The molecule has 4 nitrogen and oxygen atoms in total. The summed E-state index contributed by atoms with van der Waals surface area (Å²) in [7, 11) is 0. The summed E-state index contributed by atoms with van der Waals surface area (Å²) in [6.45, 7) is 8.69. The molecule has 0 aliphatic carbocycles. The number of rotatable bonds is 7. The Bertz CT molecular complexity index is 275. The normalized spacial score (nSPS) is 10.9. The van der Waals surface area contributed by atoms with Crippen LogP contribution in [-0.2, 0) is 4.74 Å². The highest BCUT2D eigenvalue weighted by molar-refractivity contribution is 7.09. The van der Waals surface area contributed by atoms with Crippen molar-refractivity contribution in [1.29, 1.82) is 0 Å². The minimum absolute atomic E-state index is 0.403. The lowest BCUT2D eigenvalue weighted by Gasteiger charge is -2.02. The third kappa shape index (κ3) is 4.57. The smallest absolute Gasteiger partial charge is 0.202 e. The molecule has 1 heterocycles. The molecule has 0 radical (unpaired) electrons. The lowest BCUT2D eigenvalue weighted by molar-refractivity contribution is 0.147. The van der Waals surface area contributed by atoms with Crippen molar-refractivity contribution in [3.63, 3.8) is 0 Å². The van der Waals surface area contributed by atoms with Crippen LogP contribution >= 0.6 is 11.5 Å². The Morgan fingerprint density at radius 3 is 2.87 bits per heavy atom. The van der Waals surface area contributed by atoms with Gasteiger partial charge < -0.3 is 10.1 Å². The van der Waals surface area contributed by atoms with Crippen molar-refractivity contribution in [3.8, 4) is 0 Å². The van der Waals surface area contributed by atoms with E-state index in [0.29, 0.717) is 5.92 Å². The molecule has 86 valence electrons. The molecule has 0 aliphatic heterocycles. The van der Waals surface area contributed by atoms with Gasteiger partial charge in [0.1, 0.15) is 5.82 Å². The topological polar surface area (TPSA) is 47.0 Å². The third-order valence-corrected chi connectivity index (χ3v) is 2.59. The van der Waals surface area contributed by atoms with E-state index in [1.807, 2.05) is 6.92 Å². The van der Waals surface area contributed by atoms with Gasteiger partial charge in [-0.05, 0) is 13.3 Å². The van der Waals surface area contributed by atoms with Gasteiger partial charge in [0, 0.05) is 37.2 Å². The van der Waals surface area contributed by atoms with E-state index < -0.39 is 0 Å². The van der Waals surface area contributed by atoms with E-state index in [0.717, 1.165) is 37.1 Å². The van der Waals surface area contributed by atoms with Crippen LogP contribution in [0.2, 0.25) is 0 Å². The maximum atomic E-state index is 5.24. The van der Waals surface area contributed by atoms with Crippen molar-refractivity contribution in [2.45, 2.75) is 33.1 Å². The lowest BCUT2D eigenvalue weighted by atomic mass is 10.2.